The number of nitrogens with one attached hydrogen (secondary N) is 1. The summed E-state index contributed by atoms with van der Waals surface area (Å²) >= 11 is 0. The lowest BCUT2D eigenvalue weighted by Crippen LogP contribution is -2.27. The summed E-state index contributed by atoms with van der Waals surface area (Å²) in [5, 5.41) is 0. The molecule has 1 fully saturated rings. The number of rotatable bonds is 1. The largest absolute Gasteiger partial charge is 0.381 e. The molecule has 0 unspecified atom stereocenters. The highest BCUT2D eigenvalue weighted by Crippen LogP contribution is 2.22. The highest BCUT2D eigenvalue weighted by Gasteiger charge is 2.20. The zero-order valence-electron chi connectivity index (χ0n) is 8.85. The van der Waals surface area contributed by atoms with Crippen LogP contribution in [0.15, 0.2) is 23.1 Å². The molecule has 1 aliphatic rings. The fraction of sp³-hybridized carbons (Fsp3) is 0.455. The van der Waals surface area contributed by atoms with E-state index in [1.165, 1.54) is 0 Å². The van der Waals surface area contributed by atoms with Gasteiger partial charge < -0.3 is 9.72 Å². The van der Waals surface area contributed by atoms with E-state index in [2.05, 4.69) is 9.97 Å². The SMILES string of the molecule is O=c1[nH]c2cccnc2n1C1CCOCC1. The zero-order chi connectivity index (χ0) is 11.0. The molecule has 0 radical (unpaired) electrons. The van der Waals surface area contributed by atoms with Gasteiger partial charge in [-0.25, -0.2) is 9.78 Å². The number of H-pyrrole nitrogens is 1. The van der Waals surface area contributed by atoms with Crippen LogP contribution < -0.4 is 5.69 Å². The van der Waals surface area contributed by atoms with Gasteiger partial charge in [-0.15, -0.1) is 0 Å². The van der Waals surface area contributed by atoms with Crippen LogP contribution in [0.1, 0.15) is 18.9 Å². The molecule has 84 valence electrons. The molecule has 2 aromatic rings. The molecule has 0 spiro atoms. The Kier molecular flexibility index (Phi) is 2.25. The van der Waals surface area contributed by atoms with Crippen LogP contribution in [-0.2, 0) is 4.74 Å². The third kappa shape index (κ3) is 1.44. The van der Waals surface area contributed by atoms with Crippen molar-refractivity contribution in [3.63, 3.8) is 0 Å². The molecule has 1 N–H and O–H groups in total. The van der Waals surface area contributed by atoms with E-state index in [9.17, 15) is 4.79 Å². The maximum Gasteiger partial charge on any atom is 0.327 e. The van der Waals surface area contributed by atoms with Crippen LogP contribution in [0.3, 0.4) is 0 Å². The fourth-order valence-electron chi connectivity index (χ4n) is 2.24. The number of ether oxygens (including phenoxy) is 1. The van der Waals surface area contributed by atoms with Crippen LogP contribution in [0.5, 0.6) is 0 Å². The van der Waals surface area contributed by atoms with Gasteiger partial charge in [0, 0.05) is 25.5 Å². The van der Waals surface area contributed by atoms with Crippen molar-refractivity contribution in [3.05, 3.63) is 28.8 Å². The summed E-state index contributed by atoms with van der Waals surface area (Å²) in [7, 11) is 0. The van der Waals surface area contributed by atoms with E-state index in [0.717, 1.165) is 37.2 Å². The summed E-state index contributed by atoms with van der Waals surface area (Å²) in [4.78, 5) is 19.0. The molecule has 0 atom stereocenters. The normalized spacial score (nSPS) is 18.0. The average molecular weight is 219 g/mol. The van der Waals surface area contributed by atoms with E-state index < -0.39 is 0 Å². The third-order valence-electron chi connectivity index (χ3n) is 3.03. The Labute approximate surface area is 92.1 Å². The van der Waals surface area contributed by atoms with Gasteiger partial charge in [-0.3, -0.25) is 4.57 Å². The summed E-state index contributed by atoms with van der Waals surface area (Å²) in [6.45, 7) is 1.44. The molecule has 1 aliphatic heterocycles. The Morgan fingerprint density at radius 3 is 3.06 bits per heavy atom. The number of pyridine rings is 1. The number of imidazole rings is 1. The molecular weight excluding hydrogens is 206 g/mol. The van der Waals surface area contributed by atoms with Crippen LogP contribution in [0.25, 0.3) is 11.2 Å². The molecule has 0 amide bonds. The molecule has 3 rings (SSSR count). The minimum Gasteiger partial charge on any atom is -0.381 e. The third-order valence-corrected chi connectivity index (χ3v) is 3.03. The highest BCUT2D eigenvalue weighted by atomic mass is 16.5. The molecule has 0 aromatic carbocycles. The highest BCUT2D eigenvalue weighted by molar-refractivity contribution is 5.70. The number of nitrogens with zero attached hydrogens (tertiary/aromatic N) is 2. The second-order valence-corrected chi connectivity index (χ2v) is 4.02. The predicted octanol–water partition coefficient (Wildman–Crippen LogP) is 1.08. The van der Waals surface area contributed by atoms with E-state index in [0.29, 0.717) is 0 Å². The molecule has 2 aromatic heterocycles. The summed E-state index contributed by atoms with van der Waals surface area (Å²) in [6.07, 6.45) is 3.47. The molecule has 1 saturated heterocycles. The van der Waals surface area contributed by atoms with E-state index in [-0.39, 0.29) is 11.7 Å². The van der Waals surface area contributed by atoms with Gasteiger partial charge in [-0.05, 0) is 25.0 Å². The first-order valence-corrected chi connectivity index (χ1v) is 5.49. The van der Waals surface area contributed by atoms with Gasteiger partial charge in [0.25, 0.3) is 0 Å². The number of hydrogen-bond donors (Lipinski definition) is 1. The first kappa shape index (κ1) is 9.59. The van der Waals surface area contributed by atoms with Gasteiger partial charge in [0.2, 0.25) is 0 Å². The minimum absolute atomic E-state index is 0.0689. The maximum atomic E-state index is 11.9. The lowest BCUT2D eigenvalue weighted by molar-refractivity contribution is 0.0697. The maximum absolute atomic E-state index is 11.9. The van der Waals surface area contributed by atoms with Crippen LogP contribution in [-0.4, -0.2) is 27.7 Å². The number of hydrogen-bond acceptors (Lipinski definition) is 3. The van der Waals surface area contributed by atoms with E-state index in [4.69, 9.17) is 4.74 Å². The smallest absolute Gasteiger partial charge is 0.327 e. The predicted molar refractivity (Wildman–Crippen MR) is 59.4 cm³/mol. The van der Waals surface area contributed by atoms with Gasteiger partial charge >= 0.3 is 5.69 Å². The topological polar surface area (TPSA) is 59.9 Å². The van der Waals surface area contributed by atoms with Crippen LogP contribution in [0.4, 0.5) is 0 Å². The zero-order valence-corrected chi connectivity index (χ0v) is 8.85. The molecule has 0 aliphatic carbocycles. The quantitative estimate of drug-likeness (QED) is 0.780. The van der Waals surface area contributed by atoms with Crippen molar-refractivity contribution in [1.29, 1.82) is 0 Å². The summed E-state index contributed by atoms with van der Waals surface area (Å²) in [5.41, 5.74) is 1.49. The number of aromatic amines is 1. The standard InChI is InChI=1S/C11H13N3O2/c15-11-13-9-2-1-5-12-10(9)14(11)8-3-6-16-7-4-8/h1-2,5,8H,3-4,6-7H2,(H,13,15). The molecule has 0 bridgehead atoms. The molecule has 5 nitrogen and oxygen atoms in total. The molecule has 0 saturated carbocycles. The van der Waals surface area contributed by atoms with Crippen LogP contribution in [0.2, 0.25) is 0 Å². The average Bonchev–Trinajstić information content (AvgIpc) is 2.66. The summed E-state index contributed by atoms with van der Waals surface area (Å²) in [5.74, 6) is 0. The Morgan fingerprint density at radius 2 is 2.25 bits per heavy atom. The van der Waals surface area contributed by atoms with Crippen molar-refractivity contribution in [2.75, 3.05) is 13.2 Å². The van der Waals surface area contributed by atoms with E-state index >= 15 is 0 Å². The molecule has 3 heterocycles. The minimum atomic E-state index is -0.0689. The molecular formula is C11H13N3O2. The Hall–Kier alpha value is -1.62. The monoisotopic (exact) mass is 219 g/mol. The van der Waals surface area contributed by atoms with Crippen molar-refractivity contribution < 1.29 is 4.74 Å². The van der Waals surface area contributed by atoms with Crippen molar-refractivity contribution >= 4 is 11.2 Å². The number of fused-ring (bicyclic) bond motifs is 1. The van der Waals surface area contributed by atoms with Gasteiger partial charge in [-0.1, -0.05) is 0 Å². The van der Waals surface area contributed by atoms with Gasteiger partial charge in [0.1, 0.15) is 0 Å². The van der Waals surface area contributed by atoms with E-state index in [1.54, 1.807) is 10.8 Å². The second-order valence-electron chi connectivity index (χ2n) is 4.02. The molecule has 5 heteroatoms. The van der Waals surface area contributed by atoms with Gasteiger partial charge in [0.15, 0.2) is 5.65 Å². The lowest BCUT2D eigenvalue weighted by Gasteiger charge is -2.22. The van der Waals surface area contributed by atoms with E-state index in [1.807, 2.05) is 12.1 Å². The first-order valence-electron chi connectivity index (χ1n) is 5.49. The Morgan fingerprint density at radius 1 is 1.44 bits per heavy atom. The molecule has 16 heavy (non-hydrogen) atoms. The van der Waals surface area contributed by atoms with Crippen LogP contribution >= 0.6 is 0 Å². The van der Waals surface area contributed by atoms with Gasteiger partial charge in [-0.2, -0.15) is 0 Å². The Bertz CT molecular complexity index is 552. The summed E-state index contributed by atoms with van der Waals surface area (Å²) in [6, 6.07) is 3.91. The fourth-order valence-corrected chi connectivity index (χ4v) is 2.24. The van der Waals surface area contributed by atoms with Crippen LogP contribution in [0, 0.1) is 0 Å². The van der Waals surface area contributed by atoms with Crippen molar-refractivity contribution in [1.82, 2.24) is 14.5 Å². The van der Waals surface area contributed by atoms with Crippen molar-refractivity contribution in [3.8, 4) is 0 Å². The van der Waals surface area contributed by atoms with Crippen molar-refractivity contribution in [2.45, 2.75) is 18.9 Å². The van der Waals surface area contributed by atoms with Gasteiger partial charge in [0.05, 0.1) is 5.52 Å². The summed E-state index contributed by atoms with van der Waals surface area (Å²) < 4.78 is 7.07. The first-order chi connectivity index (χ1) is 7.86. The Balaban J connectivity index is 2.14. The lowest BCUT2D eigenvalue weighted by atomic mass is 10.1. The number of aromatic nitrogens is 3. The second kappa shape index (κ2) is 3.75. The van der Waals surface area contributed by atoms with Crippen molar-refractivity contribution in [2.24, 2.45) is 0 Å².